The quantitative estimate of drug-likeness (QED) is 0.494. The van der Waals surface area contributed by atoms with Gasteiger partial charge in [0.2, 0.25) is 0 Å². The van der Waals surface area contributed by atoms with Gasteiger partial charge in [-0.1, -0.05) is 64.7 Å². The van der Waals surface area contributed by atoms with Crippen molar-refractivity contribution >= 4 is 0 Å². The number of unbranched alkanes of at least 4 members (excludes halogenated alkanes) is 9. The van der Waals surface area contributed by atoms with Crippen molar-refractivity contribution in [1.82, 2.24) is 9.55 Å². The van der Waals surface area contributed by atoms with E-state index in [4.69, 9.17) is 4.74 Å². The van der Waals surface area contributed by atoms with E-state index in [0.717, 1.165) is 13.0 Å². The predicted octanol–water partition coefficient (Wildman–Crippen LogP) is 4.18. The van der Waals surface area contributed by atoms with Crippen LogP contribution in [-0.2, 0) is 11.3 Å². The second kappa shape index (κ2) is 13.8. The molecule has 1 rings (SSSR count). The summed E-state index contributed by atoms with van der Waals surface area (Å²) in [6, 6.07) is 0. The zero-order valence-electron chi connectivity index (χ0n) is 14.3. The predicted molar refractivity (Wildman–Crippen MR) is 90.9 cm³/mol. The van der Waals surface area contributed by atoms with Gasteiger partial charge < -0.3 is 14.4 Å². The van der Waals surface area contributed by atoms with E-state index >= 15 is 0 Å². The summed E-state index contributed by atoms with van der Waals surface area (Å²) in [6.45, 7) is 3.99. The summed E-state index contributed by atoms with van der Waals surface area (Å²) in [5.74, 6) is 0. The van der Waals surface area contributed by atoms with E-state index in [1.807, 2.05) is 10.8 Å². The minimum atomic E-state index is -0.447. The van der Waals surface area contributed by atoms with E-state index in [-0.39, 0.29) is 0 Å². The monoisotopic (exact) mass is 310 g/mol. The van der Waals surface area contributed by atoms with Gasteiger partial charge in [-0.15, -0.1) is 0 Å². The molecule has 0 aromatic carbocycles. The van der Waals surface area contributed by atoms with Gasteiger partial charge in [-0.05, 0) is 6.42 Å². The molecule has 4 heteroatoms. The first-order chi connectivity index (χ1) is 10.8. The first kappa shape index (κ1) is 19.2. The van der Waals surface area contributed by atoms with Crippen molar-refractivity contribution in [2.75, 3.05) is 13.2 Å². The number of ether oxygens (including phenoxy) is 1. The lowest BCUT2D eigenvalue weighted by atomic mass is 10.1. The molecule has 0 aliphatic carbocycles. The highest BCUT2D eigenvalue weighted by atomic mass is 16.5. The number of aromatic nitrogens is 2. The Labute approximate surface area is 135 Å². The molecule has 1 unspecified atom stereocenters. The lowest BCUT2D eigenvalue weighted by Crippen LogP contribution is -2.21. The number of aliphatic hydroxyl groups is 1. The molecular formula is C18H34N2O2. The average Bonchev–Trinajstić information content (AvgIpc) is 3.01. The summed E-state index contributed by atoms with van der Waals surface area (Å²) in [7, 11) is 0. The fourth-order valence-corrected chi connectivity index (χ4v) is 2.60. The van der Waals surface area contributed by atoms with Crippen LogP contribution in [0.5, 0.6) is 0 Å². The minimum absolute atomic E-state index is 0.412. The summed E-state index contributed by atoms with van der Waals surface area (Å²) in [6.07, 6.45) is 18.2. The van der Waals surface area contributed by atoms with Gasteiger partial charge in [0.25, 0.3) is 0 Å². The number of nitrogens with zero attached hydrogens (tertiary/aromatic N) is 2. The lowest BCUT2D eigenvalue weighted by Gasteiger charge is -2.11. The number of aliphatic hydroxyl groups excluding tert-OH is 1. The Hall–Kier alpha value is -0.870. The van der Waals surface area contributed by atoms with Crippen molar-refractivity contribution in [2.24, 2.45) is 0 Å². The SMILES string of the molecule is CCCCCCCCCCCCOCC(O)Cn1ccnc1. The molecule has 1 aromatic heterocycles. The summed E-state index contributed by atoms with van der Waals surface area (Å²) in [4.78, 5) is 3.95. The summed E-state index contributed by atoms with van der Waals surface area (Å²) in [5, 5.41) is 9.81. The second-order valence-corrected chi connectivity index (χ2v) is 6.17. The van der Waals surface area contributed by atoms with E-state index in [1.165, 1.54) is 57.8 Å². The average molecular weight is 310 g/mol. The van der Waals surface area contributed by atoms with Crippen LogP contribution in [0.2, 0.25) is 0 Å². The third kappa shape index (κ3) is 10.8. The van der Waals surface area contributed by atoms with Crippen LogP contribution in [0.15, 0.2) is 18.7 Å². The molecule has 0 radical (unpaired) electrons. The number of hydrogen-bond acceptors (Lipinski definition) is 3. The highest BCUT2D eigenvalue weighted by Crippen LogP contribution is 2.10. The fourth-order valence-electron chi connectivity index (χ4n) is 2.60. The maximum absolute atomic E-state index is 9.81. The largest absolute Gasteiger partial charge is 0.389 e. The molecular weight excluding hydrogens is 276 g/mol. The molecule has 0 amide bonds. The van der Waals surface area contributed by atoms with E-state index in [0.29, 0.717) is 13.2 Å². The first-order valence-electron chi connectivity index (χ1n) is 9.04. The maximum Gasteiger partial charge on any atom is 0.0952 e. The summed E-state index contributed by atoms with van der Waals surface area (Å²) >= 11 is 0. The van der Waals surface area contributed by atoms with Gasteiger partial charge in [0.1, 0.15) is 0 Å². The third-order valence-corrected chi connectivity index (χ3v) is 3.93. The molecule has 0 aliphatic rings. The van der Waals surface area contributed by atoms with Crippen molar-refractivity contribution in [3.8, 4) is 0 Å². The van der Waals surface area contributed by atoms with Crippen molar-refractivity contribution in [2.45, 2.75) is 83.8 Å². The van der Waals surface area contributed by atoms with E-state index in [9.17, 15) is 5.11 Å². The zero-order valence-corrected chi connectivity index (χ0v) is 14.3. The number of imidazole rings is 1. The van der Waals surface area contributed by atoms with Gasteiger partial charge >= 0.3 is 0 Å². The van der Waals surface area contributed by atoms with Crippen LogP contribution in [0.1, 0.15) is 71.1 Å². The fraction of sp³-hybridized carbons (Fsp3) is 0.833. The second-order valence-electron chi connectivity index (χ2n) is 6.17. The van der Waals surface area contributed by atoms with Crippen LogP contribution in [-0.4, -0.2) is 34.0 Å². The molecule has 22 heavy (non-hydrogen) atoms. The highest BCUT2D eigenvalue weighted by molar-refractivity contribution is 4.75. The standard InChI is InChI=1S/C18H34N2O2/c1-2-3-4-5-6-7-8-9-10-11-14-22-16-18(21)15-20-13-12-19-17-20/h12-13,17-18,21H,2-11,14-16H2,1H3. The van der Waals surface area contributed by atoms with Crippen molar-refractivity contribution < 1.29 is 9.84 Å². The van der Waals surface area contributed by atoms with Crippen LogP contribution in [0.4, 0.5) is 0 Å². The molecule has 0 saturated carbocycles. The smallest absolute Gasteiger partial charge is 0.0952 e. The molecule has 4 nitrogen and oxygen atoms in total. The van der Waals surface area contributed by atoms with Gasteiger partial charge in [-0.25, -0.2) is 4.98 Å². The molecule has 0 aliphatic heterocycles. The molecule has 128 valence electrons. The zero-order chi connectivity index (χ0) is 15.9. The molecule has 0 saturated heterocycles. The topological polar surface area (TPSA) is 47.3 Å². The van der Waals surface area contributed by atoms with E-state index in [2.05, 4.69) is 11.9 Å². The third-order valence-electron chi connectivity index (χ3n) is 3.93. The Bertz CT molecular complexity index is 328. The maximum atomic E-state index is 9.81. The summed E-state index contributed by atoms with van der Waals surface area (Å²) < 4.78 is 7.40. The van der Waals surface area contributed by atoms with Crippen LogP contribution in [0.3, 0.4) is 0 Å². The van der Waals surface area contributed by atoms with Crippen LogP contribution < -0.4 is 0 Å². The molecule has 1 heterocycles. The Balaban J connectivity index is 1.78. The molecule has 1 atom stereocenters. The number of hydrogen-bond donors (Lipinski definition) is 1. The Morgan fingerprint density at radius 2 is 1.64 bits per heavy atom. The van der Waals surface area contributed by atoms with Crippen molar-refractivity contribution in [3.05, 3.63) is 18.7 Å². The normalized spacial score (nSPS) is 12.6. The van der Waals surface area contributed by atoms with Gasteiger partial charge in [-0.3, -0.25) is 0 Å². The van der Waals surface area contributed by atoms with Gasteiger partial charge in [0.15, 0.2) is 0 Å². The van der Waals surface area contributed by atoms with Gasteiger partial charge in [0, 0.05) is 19.0 Å². The van der Waals surface area contributed by atoms with Crippen molar-refractivity contribution in [1.29, 1.82) is 0 Å². The first-order valence-corrected chi connectivity index (χ1v) is 9.04. The molecule has 1 aromatic rings. The molecule has 0 bridgehead atoms. The molecule has 1 N–H and O–H groups in total. The molecule has 0 spiro atoms. The van der Waals surface area contributed by atoms with Crippen molar-refractivity contribution in [3.63, 3.8) is 0 Å². The number of rotatable bonds is 15. The highest BCUT2D eigenvalue weighted by Gasteiger charge is 2.04. The summed E-state index contributed by atoms with van der Waals surface area (Å²) in [5.41, 5.74) is 0. The minimum Gasteiger partial charge on any atom is -0.389 e. The Morgan fingerprint density at radius 1 is 1.00 bits per heavy atom. The van der Waals surface area contributed by atoms with E-state index in [1.54, 1.807) is 12.5 Å². The van der Waals surface area contributed by atoms with Gasteiger partial charge in [-0.2, -0.15) is 0 Å². The van der Waals surface area contributed by atoms with Gasteiger partial charge in [0.05, 0.1) is 25.6 Å². The van der Waals surface area contributed by atoms with Crippen LogP contribution >= 0.6 is 0 Å². The van der Waals surface area contributed by atoms with Crippen LogP contribution in [0.25, 0.3) is 0 Å². The van der Waals surface area contributed by atoms with E-state index < -0.39 is 6.10 Å². The molecule has 0 fully saturated rings. The lowest BCUT2D eigenvalue weighted by molar-refractivity contribution is 0.0266. The Kier molecular flexibility index (Phi) is 12.0. The van der Waals surface area contributed by atoms with Crippen LogP contribution in [0, 0.1) is 0 Å². The Morgan fingerprint density at radius 3 is 2.23 bits per heavy atom.